The molecule has 0 saturated carbocycles. The molecule has 0 N–H and O–H groups in total. The Kier molecular flexibility index (Phi) is 7.07. The highest BCUT2D eigenvalue weighted by Crippen LogP contribution is 2.06. The molecule has 5 heteroatoms. The molecule has 1 aliphatic heterocycles. The number of nitrogens with zero attached hydrogens (tertiary/aromatic N) is 3. The third-order valence-electron chi connectivity index (χ3n) is 3.10. The monoisotopic (exact) mass is 265 g/mol. The molecule has 1 saturated heterocycles. The van der Waals surface area contributed by atoms with Crippen LogP contribution in [-0.2, 0) is 9.53 Å². The first kappa shape index (κ1) is 15.6. The summed E-state index contributed by atoms with van der Waals surface area (Å²) in [6.07, 6.45) is 5.59. The van der Waals surface area contributed by atoms with Gasteiger partial charge in [-0.3, -0.25) is 14.7 Å². The number of carbonyl (C=O) groups is 1. The highest BCUT2D eigenvalue weighted by atomic mass is 16.5. The van der Waals surface area contributed by atoms with Crippen molar-refractivity contribution in [2.24, 2.45) is 4.99 Å². The summed E-state index contributed by atoms with van der Waals surface area (Å²) in [5.74, 6) is 0.0692. The molecule has 1 heterocycles. The van der Waals surface area contributed by atoms with Crippen LogP contribution in [-0.4, -0.2) is 75.4 Å². The average molecular weight is 265 g/mol. The van der Waals surface area contributed by atoms with E-state index in [1.165, 1.54) is 0 Å². The number of aliphatic imine (C=N–C) groups is 1. The second kappa shape index (κ2) is 8.61. The van der Waals surface area contributed by atoms with Crippen molar-refractivity contribution in [2.75, 3.05) is 53.5 Å². The molecule has 0 unspecified atom stereocenters. The first-order chi connectivity index (χ1) is 9.21. The first-order valence-electron chi connectivity index (χ1n) is 6.44. The van der Waals surface area contributed by atoms with E-state index in [1.54, 1.807) is 20.4 Å². The van der Waals surface area contributed by atoms with Gasteiger partial charge >= 0.3 is 0 Å². The fourth-order valence-corrected chi connectivity index (χ4v) is 1.98. The molecule has 5 nitrogen and oxygen atoms in total. The van der Waals surface area contributed by atoms with Crippen molar-refractivity contribution in [1.29, 1.82) is 0 Å². The Labute approximate surface area is 115 Å². The van der Waals surface area contributed by atoms with Gasteiger partial charge < -0.3 is 9.64 Å². The molecular weight excluding hydrogens is 242 g/mol. The van der Waals surface area contributed by atoms with Gasteiger partial charge in [-0.2, -0.15) is 0 Å². The predicted octanol–water partition coefficient (Wildman–Crippen LogP) is 0.590. The minimum atomic E-state index is 0.0692. The summed E-state index contributed by atoms with van der Waals surface area (Å²) in [5.41, 5.74) is 1.14. The fourth-order valence-electron chi connectivity index (χ4n) is 1.98. The number of allylic oxidation sites excluding steroid dienone is 1. The maximum Gasteiger partial charge on any atom is 0.248 e. The normalized spacial score (nSPS) is 18.0. The van der Waals surface area contributed by atoms with E-state index in [1.807, 2.05) is 17.1 Å². The molecule has 0 radical (unpaired) electrons. The lowest BCUT2D eigenvalue weighted by molar-refractivity contribution is -0.136. The number of carbonyl (C=O) groups excluding carboxylic acids is 1. The molecule has 1 aliphatic rings. The molecule has 0 atom stereocenters. The highest BCUT2D eigenvalue weighted by Gasteiger charge is 2.20. The highest BCUT2D eigenvalue weighted by molar-refractivity contribution is 5.77. The summed E-state index contributed by atoms with van der Waals surface area (Å²) in [5, 5.41) is 0. The van der Waals surface area contributed by atoms with Gasteiger partial charge in [0.15, 0.2) is 0 Å². The minimum Gasteiger partial charge on any atom is -0.375 e. The van der Waals surface area contributed by atoms with Crippen molar-refractivity contribution in [3.05, 3.63) is 24.3 Å². The Balaban J connectivity index is 2.41. The Bertz CT molecular complexity index is 356. The van der Waals surface area contributed by atoms with Gasteiger partial charge in [-0.25, -0.2) is 0 Å². The quantitative estimate of drug-likeness (QED) is 0.521. The van der Waals surface area contributed by atoms with Gasteiger partial charge in [-0.15, -0.1) is 0 Å². The van der Waals surface area contributed by atoms with Crippen LogP contribution in [0.3, 0.4) is 0 Å². The van der Waals surface area contributed by atoms with E-state index in [0.29, 0.717) is 0 Å². The standard InChI is InChI=1S/C14H23N3O2/c1-4-13(5-6-15-2)11-16-7-9-17(10-8-16)14(18)12-19-3/h4-6H,1,7-12H2,2-3H3/b13-5+,15-6?. The molecule has 1 rings (SSSR count). The molecule has 0 aromatic rings. The molecule has 0 aliphatic carbocycles. The molecular formula is C14H23N3O2. The smallest absolute Gasteiger partial charge is 0.248 e. The van der Waals surface area contributed by atoms with Crippen molar-refractivity contribution in [2.45, 2.75) is 0 Å². The number of piperazine rings is 1. The van der Waals surface area contributed by atoms with Crippen molar-refractivity contribution in [3.63, 3.8) is 0 Å². The average Bonchev–Trinajstić information content (AvgIpc) is 2.44. The van der Waals surface area contributed by atoms with E-state index in [0.717, 1.165) is 38.3 Å². The maximum absolute atomic E-state index is 11.7. The number of ether oxygens (including phenoxy) is 1. The van der Waals surface area contributed by atoms with E-state index in [9.17, 15) is 4.79 Å². The lowest BCUT2D eigenvalue weighted by Crippen LogP contribution is -2.49. The summed E-state index contributed by atoms with van der Waals surface area (Å²) < 4.78 is 4.87. The third-order valence-corrected chi connectivity index (χ3v) is 3.10. The number of rotatable bonds is 6. The van der Waals surface area contributed by atoms with Gasteiger partial charge in [0.25, 0.3) is 0 Å². The topological polar surface area (TPSA) is 45.1 Å². The zero-order valence-corrected chi connectivity index (χ0v) is 11.8. The number of hydrogen-bond acceptors (Lipinski definition) is 4. The summed E-state index contributed by atoms with van der Waals surface area (Å²) >= 11 is 0. The molecule has 106 valence electrons. The Morgan fingerprint density at radius 2 is 2.05 bits per heavy atom. The number of amides is 1. The third kappa shape index (κ3) is 5.36. The molecule has 0 spiro atoms. The zero-order chi connectivity index (χ0) is 14.1. The van der Waals surface area contributed by atoms with Gasteiger partial charge in [0, 0.05) is 53.1 Å². The molecule has 0 bridgehead atoms. The first-order valence-corrected chi connectivity index (χ1v) is 6.44. The van der Waals surface area contributed by atoms with Crippen molar-refractivity contribution >= 4 is 12.1 Å². The molecule has 0 aromatic carbocycles. The van der Waals surface area contributed by atoms with Crippen molar-refractivity contribution in [3.8, 4) is 0 Å². The Morgan fingerprint density at radius 3 is 2.58 bits per heavy atom. The number of hydrogen-bond donors (Lipinski definition) is 0. The van der Waals surface area contributed by atoms with Crippen LogP contribution in [0.4, 0.5) is 0 Å². The van der Waals surface area contributed by atoms with Crippen molar-refractivity contribution in [1.82, 2.24) is 9.80 Å². The van der Waals surface area contributed by atoms with Crippen LogP contribution in [0.5, 0.6) is 0 Å². The molecule has 0 aromatic heterocycles. The van der Waals surface area contributed by atoms with E-state index >= 15 is 0 Å². The van der Waals surface area contributed by atoms with Crippen LogP contribution in [0.1, 0.15) is 0 Å². The van der Waals surface area contributed by atoms with Gasteiger partial charge in [-0.1, -0.05) is 12.7 Å². The summed E-state index contributed by atoms with van der Waals surface area (Å²) in [7, 11) is 3.29. The van der Waals surface area contributed by atoms with Gasteiger partial charge in [-0.05, 0) is 11.6 Å². The van der Waals surface area contributed by atoms with E-state index in [-0.39, 0.29) is 12.5 Å². The Morgan fingerprint density at radius 1 is 1.37 bits per heavy atom. The van der Waals surface area contributed by atoms with Crippen molar-refractivity contribution < 1.29 is 9.53 Å². The second-order valence-electron chi connectivity index (χ2n) is 4.44. The largest absolute Gasteiger partial charge is 0.375 e. The van der Waals surface area contributed by atoms with Crippen LogP contribution in [0.2, 0.25) is 0 Å². The zero-order valence-electron chi connectivity index (χ0n) is 11.8. The van der Waals surface area contributed by atoms with E-state index in [4.69, 9.17) is 4.74 Å². The van der Waals surface area contributed by atoms with Gasteiger partial charge in [0.2, 0.25) is 5.91 Å². The van der Waals surface area contributed by atoms with Crippen LogP contribution >= 0.6 is 0 Å². The van der Waals surface area contributed by atoms with E-state index < -0.39 is 0 Å². The summed E-state index contributed by atoms with van der Waals surface area (Å²) in [4.78, 5) is 19.8. The summed E-state index contributed by atoms with van der Waals surface area (Å²) in [6.45, 7) is 8.10. The maximum atomic E-state index is 11.7. The van der Waals surface area contributed by atoms with E-state index in [2.05, 4.69) is 16.5 Å². The molecule has 1 amide bonds. The van der Waals surface area contributed by atoms with Gasteiger partial charge in [0.05, 0.1) is 0 Å². The minimum absolute atomic E-state index is 0.0692. The molecule has 1 fully saturated rings. The number of methoxy groups -OCH3 is 1. The predicted molar refractivity (Wildman–Crippen MR) is 77.6 cm³/mol. The van der Waals surface area contributed by atoms with Crippen LogP contribution < -0.4 is 0 Å². The second-order valence-corrected chi connectivity index (χ2v) is 4.44. The summed E-state index contributed by atoms with van der Waals surface area (Å²) in [6, 6.07) is 0. The SMILES string of the molecule is C=C/C(=C\C=NC)CN1CCN(C(=O)COC)CC1. The lowest BCUT2D eigenvalue weighted by atomic mass is 10.2. The van der Waals surface area contributed by atoms with Gasteiger partial charge in [0.1, 0.15) is 6.61 Å². The lowest BCUT2D eigenvalue weighted by Gasteiger charge is -2.34. The van der Waals surface area contributed by atoms with Crippen LogP contribution in [0, 0.1) is 0 Å². The molecule has 19 heavy (non-hydrogen) atoms. The fraction of sp³-hybridized carbons (Fsp3) is 0.571. The Hall–Kier alpha value is -1.46. The van der Waals surface area contributed by atoms with Crippen LogP contribution in [0.15, 0.2) is 29.3 Å². The van der Waals surface area contributed by atoms with Crippen LogP contribution in [0.25, 0.3) is 0 Å².